The predicted octanol–water partition coefficient (Wildman–Crippen LogP) is 2.85. The minimum absolute atomic E-state index is 0.142. The van der Waals surface area contributed by atoms with E-state index in [0.29, 0.717) is 35.1 Å². The second-order valence-corrected chi connectivity index (χ2v) is 7.67. The number of rotatable bonds is 6. The largest absolute Gasteiger partial charge is 0.467 e. The molecule has 144 valence electrons. The molecule has 5 rings (SSSR count). The number of hydrogen-bond donors (Lipinski definition) is 1. The number of nitrogen functional groups attached to an aromatic ring is 1. The Labute approximate surface area is 164 Å². The molecule has 1 atom stereocenters. The molecule has 10 heteroatoms. The van der Waals surface area contributed by atoms with Crippen LogP contribution in [0.2, 0.25) is 0 Å². The van der Waals surface area contributed by atoms with Crippen LogP contribution < -0.4 is 5.73 Å². The minimum atomic E-state index is -0.297. The fraction of sp³-hybridized carbons (Fsp3) is 0.333. The average molecular weight is 398 g/mol. The molecule has 3 aromatic rings. The molecule has 0 bridgehead atoms. The molecule has 1 aliphatic heterocycles. The standard InChI is InChI=1S/C18H18N6O3S/c19-17-20-21-18(23(17)11-5-6-11)28-10-16(25)24-13(15-4-2-8-27-15)9-12(22-24)14-3-1-7-26-14/h1-4,7-8,11,13H,5-6,9-10H2,(H2,19,20). The van der Waals surface area contributed by atoms with Crippen LogP contribution in [0, 0.1) is 0 Å². The molecule has 0 saturated heterocycles. The zero-order valence-corrected chi connectivity index (χ0v) is 15.7. The molecule has 3 aromatic heterocycles. The van der Waals surface area contributed by atoms with E-state index in [-0.39, 0.29) is 17.7 Å². The molecule has 0 aromatic carbocycles. The zero-order chi connectivity index (χ0) is 19.1. The smallest absolute Gasteiger partial charge is 0.253 e. The molecule has 1 unspecified atom stereocenters. The number of anilines is 1. The number of nitrogens with two attached hydrogens (primary N) is 1. The van der Waals surface area contributed by atoms with Crippen molar-refractivity contribution < 1.29 is 13.6 Å². The van der Waals surface area contributed by atoms with Crippen molar-refractivity contribution in [3.8, 4) is 0 Å². The van der Waals surface area contributed by atoms with Crippen molar-refractivity contribution in [1.82, 2.24) is 19.8 Å². The van der Waals surface area contributed by atoms with Crippen LogP contribution in [-0.4, -0.2) is 37.1 Å². The summed E-state index contributed by atoms with van der Waals surface area (Å²) in [6.07, 6.45) is 5.84. The van der Waals surface area contributed by atoms with E-state index in [0.717, 1.165) is 18.6 Å². The van der Waals surface area contributed by atoms with Crippen LogP contribution in [0.25, 0.3) is 0 Å². The fourth-order valence-corrected chi connectivity index (χ4v) is 4.15. The molecule has 1 saturated carbocycles. The first-order valence-electron chi connectivity index (χ1n) is 9.00. The number of nitrogens with zero attached hydrogens (tertiary/aromatic N) is 5. The summed E-state index contributed by atoms with van der Waals surface area (Å²) in [5.41, 5.74) is 6.62. The number of carbonyl (C=O) groups is 1. The summed E-state index contributed by atoms with van der Waals surface area (Å²) in [5, 5.41) is 14.7. The Balaban J connectivity index is 1.35. The molecule has 2 aliphatic rings. The van der Waals surface area contributed by atoms with Gasteiger partial charge in [0.15, 0.2) is 5.16 Å². The topological polar surface area (TPSA) is 116 Å². The van der Waals surface area contributed by atoms with Crippen LogP contribution in [0.15, 0.2) is 55.9 Å². The molecular formula is C18H18N6O3S. The first-order valence-corrected chi connectivity index (χ1v) is 9.99. The maximum absolute atomic E-state index is 13.0. The van der Waals surface area contributed by atoms with Gasteiger partial charge in [-0.05, 0) is 37.1 Å². The van der Waals surface area contributed by atoms with Crippen LogP contribution in [0.1, 0.15) is 42.9 Å². The average Bonchev–Trinajstić information content (AvgIpc) is 3.19. The third-order valence-electron chi connectivity index (χ3n) is 4.77. The molecule has 1 fully saturated rings. The summed E-state index contributed by atoms with van der Waals surface area (Å²) in [4.78, 5) is 13.0. The van der Waals surface area contributed by atoms with Gasteiger partial charge in [0.2, 0.25) is 5.95 Å². The Kier molecular flexibility index (Phi) is 4.19. The highest BCUT2D eigenvalue weighted by molar-refractivity contribution is 7.99. The third-order valence-corrected chi connectivity index (χ3v) is 5.70. The number of hydrazone groups is 1. The van der Waals surface area contributed by atoms with E-state index in [1.807, 2.05) is 16.7 Å². The van der Waals surface area contributed by atoms with Crippen LogP contribution in [0.5, 0.6) is 0 Å². The molecular weight excluding hydrogens is 380 g/mol. The Morgan fingerprint density at radius 3 is 2.75 bits per heavy atom. The van der Waals surface area contributed by atoms with Crippen LogP contribution >= 0.6 is 11.8 Å². The lowest BCUT2D eigenvalue weighted by molar-refractivity contribution is -0.130. The van der Waals surface area contributed by atoms with Crippen molar-refractivity contribution in [1.29, 1.82) is 0 Å². The first kappa shape index (κ1) is 17.1. The van der Waals surface area contributed by atoms with E-state index in [9.17, 15) is 4.79 Å². The molecule has 0 spiro atoms. The normalized spacial score (nSPS) is 19.2. The molecule has 0 radical (unpaired) electrons. The van der Waals surface area contributed by atoms with Crippen LogP contribution in [0.4, 0.5) is 5.95 Å². The summed E-state index contributed by atoms with van der Waals surface area (Å²) in [7, 11) is 0. The van der Waals surface area contributed by atoms with E-state index >= 15 is 0 Å². The molecule has 4 heterocycles. The molecule has 28 heavy (non-hydrogen) atoms. The number of aromatic nitrogens is 3. The van der Waals surface area contributed by atoms with Crippen LogP contribution in [0.3, 0.4) is 0 Å². The Bertz CT molecular complexity index is 1010. The van der Waals surface area contributed by atoms with Crippen molar-refractivity contribution in [2.45, 2.75) is 36.5 Å². The van der Waals surface area contributed by atoms with E-state index in [1.165, 1.54) is 16.8 Å². The molecule has 2 N–H and O–H groups in total. The summed E-state index contributed by atoms with van der Waals surface area (Å²) in [6.45, 7) is 0. The predicted molar refractivity (Wildman–Crippen MR) is 102 cm³/mol. The summed E-state index contributed by atoms with van der Waals surface area (Å²) >= 11 is 1.32. The van der Waals surface area contributed by atoms with E-state index < -0.39 is 0 Å². The van der Waals surface area contributed by atoms with Gasteiger partial charge >= 0.3 is 0 Å². The van der Waals surface area contributed by atoms with Gasteiger partial charge in [0.1, 0.15) is 23.3 Å². The van der Waals surface area contributed by atoms with Gasteiger partial charge in [-0.25, -0.2) is 5.01 Å². The van der Waals surface area contributed by atoms with Crippen LogP contribution in [-0.2, 0) is 4.79 Å². The molecule has 1 aliphatic carbocycles. The second-order valence-electron chi connectivity index (χ2n) is 6.73. The Morgan fingerprint density at radius 2 is 2.04 bits per heavy atom. The SMILES string of the molecule is Nc1nnc(SCC(=O)N2N=C(c3ccco3)CC2c2ccco2)n1C1CC1. The highest BCUT2D eigenvalue weighted by Crippen LogP contribution is 2.40. The van der Waals surface area contributed by atoms with Gasteiger partial charge in [-0.15, -0.1) is 10.2 Å². The maximum Gasteiger partial charge on any atom is 0.253 e. The molecule has 1 amide bonds. The number of hydrogen-bond acceptors (Lipinski definition) is 8. The second kappa shape index (κ2) is 6.86. The van der Waals surface area contributed by atoms with E-state index in [1.54, 1.807) is 24.7 Å². The summed E-state index contributed by atoms with van der Waals surface area (Å²) in [6, 6.07) is 7.34. The molecule has 9 nitrogen and oxygen atoms in total. The van der Waals surface area contributed by atoms with E-state index in [4.69, 9.17) is 14.6 Å². The highest BCUT2D eigenvalue weighted by atomic mass is 32.2. The third kappa shape index (κ3) is 3.09. The lowest BCUT2D eigenvalue weighted by atomic mass is 10.1. The van der Waals surface area contributed by atoms with E-state index in [2.05, 4.69) is 15.3 Å². The van der Waals surface area contributed by atoms with Crippen molar-refractivity contribution in [2.24, 2.45) is 5.10 Å². The van der Waals surface area contributed by atoms with Gasteiger partial charge in [-0.2, -0.15) is 5.10 Å². The summed E-state index contributed by atoms with van der Waals surface area (Å²) in [5.74, 6) is 1.77. The number of carbonyl (C=O) groups excluding carboxylic acids is 1. The minimum Gasteiger partial charge on any atom is -0.467 e. The number of thioether (sulfide) groups is 1. The van der Waals surface area contributed by atoms with Gasteiger partial charge in [0.25, 0.3) is 5.91 Å². The quantitative estimate of drug-likeness (QED) is 0.635. The lowest BCUT2D eigenvalue weighted by Crippen LogP contribution is -2.28. The Morgan fingerprint density at radius 1 is 1.21 bits per heavy atom. The monoisotopic (exact) mass is 398 g/mol. The summed E-state index contributed by atoms with van der Waals surface area (Å²) < 4.78 is 12.9. The number of amides is 1. The van der Waals surface area contributed by atoms with Crippen molar-refractivity contribution in [2.75, 3.05) is 11.5 Å². The lowest BCUT2D eigenvalue weighted by Gasteiger charge is -2.19. The first-order chi connectivity index (χ1) is 13.7. The van der Waals surface area contributed by atoms with Crippen molar-refractivity contribution >= 4 is 29.3 Å². The maximum atomic E-state index is 13.0. The Hall–Kier alpha value is -3.01. The fourth-order valence-electron chi connectivity index (χ4n) is 3.29. The van der Waals surface area contributed by atoms with Gasteiger partial charge in [-0.1, -0.05) is 11.8 Å². The van der Waals surface area contributed by atoms with Gasteiger partial charge in [-0.3, -0.25) is 9.36 Å². The highest BCUT2D eigenvalue weighted by Gasteiger charge is 2.36. The van der Waals surface area contributed by atoms with Crippen molar-refractivity contribution in [3.63, 3.8) is 0 Å². The van der Waals surface area contributed by atoms with Gasteiger partial charge < -0.3 is 14.6 Å². The zero-order valence-electron chi connectivity index (χ0n) is 14.9. The van der Waals surface area contributed by atoms with Gasteiger partial charge in [0.05, 0.1) is 18.3 Å². The van der Waals surface area contributed by atoms with Crippen molar-refractivity contribution in [3.05, 3.63) is 48.3 Å². The van der Waals surface area contributed by atoms with Gasteiger partial charge in [0, 0.05) is 12.5 Å². The number of furan rings is 2.